The van der Waals surface area contributed by atoms with Crippen LogP contribution < -0.4 is 4.74 Å². The molecule has 0 radical (unpaired) electrons. The minimum Gasteiger partial charge on any atom is -0.496 e. The second-order valence-corrected chi connectivity index (χ2v) is 3.99. The molecule has 82 valence electrons. The van der Waals surface area contributed by atoms with Gasteiger partial charge in [0.15, 0.2) is 5.78 Å². The molecular weight excluding hydrogens is 263 g/mol. The quantitative estimate of drug-likeness (QED) is 0.785. The number of carbonyl (C=O) groups is 1. The fraction of sp³-hybridized carbons (Fsp3) is 0.364. The third-order valence-electron chi connectivity index (χ3n) is 2.02. The highest BCUT2D eigenvalue weighted by Crippen LogP contribution is 2.27. The summed E-state index contributed by atoms with van der Waals surface area (Å²) in [7, 11) is 1.42. The summed E-state index contributed by atoms with van der Waals surface area (Å²) in [5, 5.41) is 0. The minimum atomic E-state index is -0.431. The molecule has 1 rings (SSSR count). The summed E-state index contributed by atoms with van der Waals surface area (Å²) in [5.74, 6) is -0.177. The lowest BCUT2D eigenvalue weighted by Gasteiger charge is -2.08. The number of rotatable bonds is 4. The number of hydrogen-bond donors (Lipinski definition) is 0. The van der Waals surface area contributed by atoms with E-state index in [0.29, 0.717) is 12.0 Å². The zero-order valence-corrected chi connectivity index (χ0v) is 10.2. The molecule has 2 nitrogen and oxygen atoms in total. The number of Topliss-reactive ketones (excluding diaryl/α,β-unsaturated/α-hetero) is 1. The molecule has 0 atom stereocenters. The van der Waals surface area contributed by atoms with E-state index in [1.165, 1.54) is 19.2 Å². The van der Waals surface area contributed by atoms with Crippen molar-refractivity contribution in [3.05, 3.63) is 28.0 Å². The summed E-state index contributed by atoms with van der Waals surface area (Å²) in [4.78, 5) is 11.7. The van der Waals surface area contributed by atoms with Crippen LogP contribution in [0.4, 0.5) is 4.39 Å². The fourth-order valence-corrected chi connectivity index (χ4v) is 1.62. The summed E-state index contributed by atoms with van der Waals surface area (Å²) < 4.78 is 18.4. The molecule has 0 saturated heterocycles. The van der Waals surface area contributed by atoms with E-state index in [2.05, 4.69) is 15.9 Å². The molecular formula is C11H12BrFO2. The molecule has 0 N–H and O–H groups in total. The van der Waals surface area contributed by atoms with Gasteiger partial charge in [-0.1, -0.05) is 6.92 Å². The lowest BCUT2D eigenvalue weighted by molar-refractivity contribution is 0.0978. The van der Waals surface area contributed by atoms with E-state index in [9.17, 15) is 9.18 Å². The Morgan fingerprint density at radius 3 is 2.73 bits per heavy atom. The van der Waals surface area contributed by atoms with Crippen LogP contribution in [0, 0.1) is 5.82 Å². The lowest BCUT2D eigenvalue weighted by Crippen LogP contribution is -2.02. The summed E-state index contributed by atoms with van der Waals surface area (Å²) in [6.45, 7) is 1.92. The van der Waals surface area contributed by atoms with Gasteiger partial charge in [-0.05, 0) is 28.4 Å². The highest BCUT2D eigenvalue weighted by atomic mass is 79.9. The Labute approximate surface area is 96.6 Å². The van der Waals surface area contributed by atoms with Crippen LogP contribution in [0.3, 0.4) is 0 Å². The largest absolute Gasteiger partial charge is 0.496 e. The van der Waals surface area contributed by atoms with Gasteiger partial charge in [-0.25, -0.2) is 4.39 Å². The third-order valence-corrected chi connectivity index (χ3v) is 2.63. The van der Waals surface area contributed by atoms with Gasteiger partial charge >= 0.3 is 0 Å². The van der Waals surface area contributed by atoms with Crippen molar-refractivity contribution in [1.29, 1.82) is 0 Å². The van der Waals surface area contributed by atoms with Crippen LogP contribution in [0.2, 0.25) is 0 Å². The Hall–Kier alpha value is -0.900. The predicted octanol–water partition coefficient (Wildman–Crippen LogP) is 3.58. The maximum Gasteiger partial charge on any atom is 0.166 e. The van der Waals surface area contributed by atoms with Gasteiger partial charge in [-0.15, -0.1) is 0 Å². The van der Waals surface area contributed by atoms with Crippen LogP contribution in [0.25, 0.3) is 0 Å². The topological polar surface area (TPSA) is 26.3 Å². The SMILES string of the molecule is CCCC(=O)c1cc(Br)c(F)cc1OC. The molecule has 0 aliphatic carbocycles. The van der Waals surface area contributed by atoms with Gasteiger partial charge in [0.25, 0.3) is 0 Å². The highest BCUT2D eigenvalue weighted by Gasteiger charge is 2.14. The van der Waals surface area contributed by atoms with E-state index in [1.807, 2.05) is 6.92 Å². The highest BCUT2D eigenvalue weighted by molar-refractivity contribution is 9.10. The van der Waals surface area contributed by atoms with Crippen molar-refractivity contribution in [3.63, 3.8) is 0 Å². The van der Waals surface area contributed by atoms with Gasteiger partial charge in [-0.2, -0.15) is 0 Å². The molecule has 15 heavy (non-hydrogen) atoms. The van der Waals surface area contributed by atoms with Gasteiger partial charge in [0.05, 0.1) is 17.1 Å². The molecule has 0 bridgehead atoms. The van der Waals surface area contributed by atoms with E-state index >= 15 is 0 Å². The molecule has 4 heteroatoms. The number of hydrogen-bond acceptors (Lipinski definition) is 2. The molecule has 0 fully saturated rings. The third kappa shape index (κ3) is 2.78. The van der Waals surface area contributed by atoms with Crippen molar-refractivity contribution in [2.24, 2.45) is 0 Å². The van der Waals surface area contributed by atoms with Crippen molar-refractivity contribution >= 4 is 21.7 Å². The maximum absolute atomic E-state index is 13.2. The van der Waals surface area contributed by atoms with E-state index in [1.54, 1.807) is 0 Å². The zero-order valence-electron chi connectivity index (χ0n) is 8.64. The first-order valence-electron chi connectivity index (χ1n) is 4.66. The fourth-order valence-electron chi connectivity index (χ4n) is 1.28. The van der Waals surface area contributed by atoms with Crippen molar-refractivity contribution in [3.8, 4) is 5.75 Å². The van der Waals surface area contributed by atoms with Gasteiger partial charge < -0.3 is 4.74 Å². The number of methoxy groups -OCH3 is 1. The average Bonchev–Trinajstić information content (AvgIpc) is 2.21. The Bertz CT molecular complexity index is 377. The number of benzene rings is 1. The van der Waals surface area contributed by atoms with Crippen LogP contribution >= 0.6 is 15.9 Å². The molecule has 0 heterocycles. The Balaban J connectivity index is 3.15. The summed E-state index contributed by atoms with van der Waals surface area (Å²) in [6.07, 6.45) is 1.20. The molecule has 0 aromatic heterocycles. The normalized spacial score (nSPS) is 10.1. The molecule has 0 spiro atoms. The van der Waals surface area contributed by atoms with Crippen LogP contribution in [0.15, 0.2) is 16.6 Å². The molecule has 0 unspecified atom stereocenters. The molecule has 1 aromatic carbocycles. The first kappa shape index (κ1) is 12.2. The number of ether oxygens (including phenoxy) is 1. The van der Waals surface area contributed by atoms with Crippen molar-refractivity contribution in [1.82, 2.24) is 0 Å². The van der Waals surface area contributed by atoms with E-state index in [-0.39, 0.29) is 16.0 Å². The minimum absolute atomic E-state index is 0.0324. The van der Waals surface area contributed by atoms with Gasteiger partial charge in [0.1, 0.15) is 11.6 Å². The van der Waals surface area contributed by atoms with Crippen LogP contribution in [-0.4, -0.2) is 12.9 Å². The second-order valence-electron chi connectivity index (χ2n) is 3.14. The van der Waals surface area contributed by atoms with Gasteiger partial charge in [0, 0.05) is 12.5 Å². The Morgan fingerprint density at radius 2 is 2.20 bits per heavy atom. The first-order chi connectivity index (χ1) is 7.10. The van der Waals surface area contributed by atoms with Gasteiger partial charge in [0.2, 0.25) is 0 Å². The van der Waals surface area contributed by atoms with Crippen molar-refractivity contribution in [2.45, 2.75) is 19.8 Å². The van der Waals surface area contributed by atoms with E-state index in [4.69, 9.17) is 4.74 Å². The summed E-state index contributed by atoms with van der Waals surface area (Å²) >= 11 is 3.05. The number of ketones is 1. The molecule has 0 amide bonds. The summed E-state index contributed by atoms with van der Waals surface area (Å²) in [5.41, 5.74) is 0.424. The standard InChI is InChI=1S/C11H12BrFO2/c1-3-4-10(14)7-5-8(12)9(13)6-11(7)15-2/h5-6H,3-4H2,1-2H3. The molecule has 1 aromatic rings. The van der Waals surface area contributed by atoms with Crippen molar-refractivity contribution in [2.75, 3.05) is 7.11 Å². The number of halogens is 2. The average molecular weight is 275 g/mol. The van der Waals surface area contributed by atoms with Crippen molar-refractivity contribution < 1.29 is 13.9 Å². The molecule has 0 aliphatic rings. The van der Waals surface area contributed by atoms with Crippen LogP contribution in [0.5, 0.6) is 5.75 Å². The second kappa shape index (κ2) is 5.26. The monoisotopic (exact) mass is 274 g/mol. The van der Waals surface area contributed by atoms with E-state index < -0.39 is 5.82 Å². The molecule has 0 saturated carbocycles. The Kier molecular flexibility index (Phi) is 4.27. The number of carbonyl (C=O) groups excluding carboxylic acids is 1. The summed E-state index contributed by atoms with van der Waals surface area (Å²) in [6, 6.07) is 2.68. The van der Waals surface area contributed by atoms with Gasteiger partial charge in [-0.3, -0.25) is 4.79 Å². The lowest BCUT2D eigenvalue weighted by atomic mass is 10.1. The Morgan fingerprint density at radius 1 is 1.53 bits per heavy atom. The maximum atomic E-state index is 13.2. The molecule has 0 aliphatic heterocycles. The van der Waals surface area contributed by atoms with Crippen LogP contribution in [0.1, 0.15) is 30.1 Å². The smallest absolute Gasteiger partial charge is 0.166 e. The van der Waals surface area contributed by atoms with E-state index in [0.717, 1.165) is 6.42 Å². The predicted molar refractivity (Wildman–Crippen MR) is 59.9 cm³/mol. The van der Waals surface area contributed by atoms with Crippen LogP contribution in [-0.2, 0) is 0 Å². The first-order valence-corrected chi connectivity index (χ1v) is 5.45. The zero-order chi connectivity index (χ0) is 11.4.